The van der Waals surface area contributed by atoms with Gasteiger partial charge in [-0.25, -0.2) is 0 Å². The van der Waals surface area contributed by atoms with Crippen molar-refractivity contribution in [2.75, 3.05) is 0 Å². The molecule has 8 heteroatoms. The molecule has 0 amide bonds. The largest absolute Gasteiger partial charge is 0.480 e. The van der Waals surface area contributed by atoms with E-state index in [-0.39, 0.29) is 13.2 Å². The zero-order valence-electron chi connectivity index (χ0n) is 19.5. The summed E-state index contributed by atoms with van der Waals surface area (Å²) in [5.41, 5.74) is 1.89. The Hall–Kier alpha value is -4.01. The number of esters is 2. The van der Waals surface area contributed by atoms with E-state index in [1.54, 1.807) is 72.8 Å². The van der Waals surface area contributed by atoms with Gasteiger partial charge in [0.05, 0.1) is 6.61 Å². The average molecular weight is 478 g/mol. The molecule has 0 heterocycles. The summed E-state index contributed by atoms with van der Waals surface area (Å²) in [5, 5.41) is 13.1. The van der Waals surface area contributed by atoms with Crippen LogP contribution < -0.4 is 14.8 Å². The van der Waals surface area contributed by atoms with E-state index in [0.29, 0.717) is 28.2 Å². The summed E-state index contributed by atoms with van der Waals surface area (Å²) in [4.78, 5) is 35.2. The molecule has 2 N–H and O–H groups in total. The van der Waals surface area contributed by atoms with E-state index < -0.39 is 30.1 Å². The Bertz CT molecular complexity index is 1160. The van der Waals surface area contributed by atoms with Crippen LogP contribution in [0.5, 0.6) is 11.5 Å². The number of benzene rings is 3. The van der Waals surface area contributed by atoms with Crippen LogP contribution in [0.3, 0.4) is 0 Å². The minimum Gasteiger partial charge on any atom is -0.480 e. The molecule has 3 aromatic carbocycles. The molecule has 0 saturated heterocycles. The molecule has 182 valence electrons. The van der Waals surface area contributed by atoms with Gasteiger partial charge in [-0.15, -0.1) is 0 Å². The fourth-order valence-electron chi connectivity index (χ4n) is 3.53. The lowest BCUT2D eigenvalue weighted by atomic mass is 10.0. The molecule has 1 unspecified atom stereocenters. The van der Waals surface area contributed by atoms with Crippen LogP contribution >= 0.6 is 0 Å². The second-order valence-electron chi connectivity index (χ2n) is 7.74. The van der Waals surface area contributed by atoms with Crippen LogP contribution in [0.15, 0.2) is 78.9 Å². The van der Waals surface area contributed by atoms with Crippen molar-refractivity contribution in [2.24, 2.45) is 0 Å². The van der Waals surface area contributed by atoms with Crippen molar-refractivity contribution < 1.29 is 33.7 Å². The molecule has 0 bridgehead atoms. The maximum absolute atomic E-state index is 12.3. The van der Waals surface area contributed by atoms with Crippen LogP contribution in [0.4, 0.5) is 0 Å². The minimum atomic E-state index is -1.14. The molecule has 0 saturated carbocycles. The SMILES string of the molecule is CC(=O)Oc1ccccc1CN[C@H](C(=O)O)C(OCc1ccccc1OC(C)=O)c1ccccc1. The fourth-order valence-corrected chi connectivity index (χ4v) is 3.53. The van der Waals surface area contributed by atoms with E-state index >= 15 is 0 Å². The van der Waals surface area contributed by atoms with Gasteiger partial charge in [0.1, 0.15) is 23.6 Å². The van der Waals surface area contributed by atoms with Gasteiger partial charge >= 0.3 is 17.9 Å². The second-order valence-corrected chi connectivity index (χ2v) is 7.74. The summed E-state index contributed by atoms with van der Waals surface area (Å²) >= 11 is 0. The second kappa shape index (κ2) is 12.5. The van der Waals surface area contributed by atoms with Gasteiger partial charge in [-0.1, -0.05) is 66.7 Å². The Kier molecular flexibility index (Phi) is 9.11. The first-order valence-corrected chi connectivity index (χ1v) is 11.0. The number of hydrogen-bond acceptors (Lipinski definition) is 7. The molecule has 8 nitrogen and oxygen atoms in total. The molecule has 0 aliphatic heterocycles. The van der Waals surface area contributed by atoms with Crippen LogP contribution in [-0.4, -0.2) is 29.1 Å². The summed E-state index contributed by atoms with van der Waals surface area (Å²) in [6.45, 7) is 2.75. The van der Waals surface area contributed by atoms with Crippen molar-refractivity contribution in [3.8, 4) is 11.5 Å². The topological polar surface area (TPSA) is 111 Å². The Morgan fingerprint density at radius 1 is 0.771 bits per heavy atom. The highest BCUT2D eigenvalue weighted by atomic mass is 16.5. The van der Waals surface area contributed by atoms with E-state index in [4.69, 9.17) is 14.2 Å². The zero-order valence-corrected chi connectivity index (χ0v) is 19.5. The van der Waals surface area contributed by atoms with Crippen molar-refractivity contribution in [3.05, 3.63) is 95.6 Å². The highest BCUT2D eigenvalue weighted by Crippen LogP contribution is 2.27. The number of nitrogens with one attached hydrogen (secondary N) is 1. The molecular weight excluding hydrogens is 450 g/mol. The highest BCUT2D eigenvalue weighted by molar-refractivity contribution is 5.75. The molecule has 0 fully saturated rings. The van der Waals surface area contributed by atoms with Crippen LogP contribution in [-0.2, 0) is 32.3 Å². The minimum absolute atomic E-state index is 0.0124. The first kappa shape index (κ1) is 25.6. The van der Waals surface area contributed by atoms with Crippen LogP contribution in [0.2, 0.25) is 0 Å². The quantitative estimate of drug-likeness (QED) is 0.314. The van der Waals surface area contributed by atoms with Crippen LogP contribution in [0.1, 0.15) is 36.6 Å². The number of ether oxygens (including phenoxy) is 3. The van der Waals surface area contributed by atoms with Crippen molar-refractivity contribution in [3.63, 3.8) is 0 Å². The first-order chi connectivity index (χ1) is 16.8. The number of carbonyl (C=O) groups excluding carboxylic acids is 2. The normalized spacial score (nSPS) is 12.4. The molecule has 35 heavy (non-hydrogen) atoms. The van der Waals surface area contributed by atoms with E-state index in [9.17, 15) is 19.5 Å². The Morgan fingerprint density at radius 2 is 1.29 bits per heavy atom. The monoisotopic (exact) mass is 477 g/mol. The summed E-state index contributed by atoms with van der Waals surface area (Å²) in [6, 6.07) is 21.7. The maximum atomic E-state index is 12.3. The molecule has 0 radical (unpaired) electrons. The van der Waals surface area contributed by atoms with Crippen LogP contribution in [0, 0.1) is 0 Å². The molecule has 3 aromatic rings. The van der Waals surface area contributed by atoms with E-state index in [1.807, 2.05) is 6.07 Å². The van der Waals surface area contributed by atoms with Gasteiger partial charge in [-0.2, -0.15) is 0 Å². The summed E-state index contributed by atoms with van der Waals surface area (Å²) in [6.07, 6.45) is -0.875. The zero-order chi connectivity index (χ0) is 25.2. The summed E-state index contributed by atoms with van der Waals surface area (Å²) in [5.74, 6) is -1.35. The summed E-state index contributed by atoms with van der Waals surface area (Å²) in [7, 11) is 0. The third-order valence-corrected chi connectivity index (χ3v) is 5.08. The summed E-state index contributed by atoms with van der Waals surface area (Å²) < 4.78 is 16.6. The Labute approximate surface area is 203 Å². The standard InChI is InChI=1S/C27H27NO7/c1-18(29)34-23-14-8-6-12-21(23)16-28-25(27(31)32)26(20-10-4-3-5-11-20)33-17-22-13-7-9-15-24(22)35-19(2)30/h3-15,25-26,28H,16-17H2,1-2H3,(H,31,32)/t25-,26?/m0/s1. The average Bonchev–Trinajstić information content (AvgIpc) is 2.82. The van der Waals surface area contributed by atoms with Crippen LogP contribution in [0.25, 0.3) is 0 Å². The van der Waals surface area contributed by atoms with Gasteiger partial charge in [0.15, 0.2) is 0 Å². The first-order valence-electron chi connectivity index (χ1n) is 11.0. The number of para-hydroxylation sites is 2. The number of rotatable bonds is 11. The number of carboxylic acids is 1. The molecule has 0 aromatic heterocycles. The molecule has 2 atom stereocenters. The van der Waals surface area contributed by atoms with E-state index in [0.717, 1.165) is 0 Å². The number of carbonyl (C=O) groups is 3. The molecule has 0 aliphatic rings. The lowest BCUT2D eigenvalue weighted by molar-refractivity contribution is -0.145. The predicted molar refractivity (Wildman–Crippen MR) is 128 cm³/mol. The Morgan fingerprint density at radius 3 is 1.86 bits per heavy atom. The van der Waals surface area contributed by atoms with Crippen molar-refractivity contribution in [1.29, 1.82) is 0 Å². The molecular formula is C27H27NO7. The van der Waals surface area contributed by atoms with Gasteiger partial charge in [0, 0.05) is 31.5 Å². The molecule has 3 rings (SSSR count). The van der Waals surface area contributed by atoms with Gasteiger partial charge in [0.2, 0.25) is 0 Å². The third kappa shape index (κ3) is 7.49. The Balaban J connectivity index is 1.85. The highest BCUT2D eigenvalue weighted by Gasteiger charge is 2.30. The van der Waals surface area contributed by atoms with Gasteiger partial charge < -0.3 is 19.3 Å². The lowest BCUT2D eigenvalue weighted by Gasteiger charge is -2.26. The lowest BCUT2D eigenvalue weighted by Crippen LogP contribution is -2.42. The predicted octanol–water partition coefficient (Wildman–Crippen LogP) is 4.04. The number of hydrogen-bond donors (Lipinski definition) is 2. The van der Waals surface area contributed by atoms with Crippen molar-refractivity contribution in [2.45, 2.75) is 39.1 Å². The number of aliphatic carboxylic acids is 1. The van der Waals surface area contributed by atoms with E-state index in [1.165, 1.54) is 13.8 Å². The molecule has 0 spiro atoms. The van der Waals surface area contributed by atoms with E-state index in [2.05, 4.69) is 5.32 Å². The third-order valence-electron chi connectivity index (χ3n) is 5.08. The van der Waals surface area contributed by atoms with Gasteiger partial charge in [-0.3, -0.25) is 19.7 Å². The van der Waals surface area contributed by atoms with Crippen molar-refractivity contribution >= 4 is 17.9 Å². The molecule has 0 aliphatic carbocycles. The van der Waals surface area contributed by atoms with Gasteiger partial charge in [0.25, 0.3) is 0 Å². The van der Waals surface area contributed by atoms with Crippen molar-refractivity contribution in [1.82, 2.24) is 5.32 Å². The smallest absolute Gasteiger partial charge is 0.323 e. The number of carboxylic acid groups (broad SMARTS) is 1. The fraction of sp³-hybridized carbons (Fsp3) is 0.222. The van der Waals surface area contributed by atoms with Gasteiger partial charge in [-0.05, 0) is 17.7 Å². The maximum Gasteiger partial charge on any atom is 0.323 e.